The van der Waals surface area contributed by atoms with Crippen molar-refractivity contribution in [2.24, 2.45) is 0 Å². The Hall–Kier alpha value is -1.29. The van der Waals surface area contributed by atoms with Crippen molar-refractivity contribution in [3.63, 3.8) is 0 Å². The summed E-state index contributed by atoms with van der Waals surface area (Å²) >= 11 is 9.62. The zero-order valence-electron chi connectivity index (χ0n) is 11.7. The quantitative estimate of drug-likeness (QED) is 0.658. The van der Waals surface area contributed by atoms with Crippen LogP contribution in [-0.2, 0) is 5.60 Å². The molecule has 3 rings (SSSR count). The van der Waals surface area contributed by atoms with E-state index < -0.39 is 5.60 Å². The Morgan fingerprint density at radius 2 is 1.90 bits per heavy atom. The van der Waals surface area contributed by atoms with Gasteiger partial charge in [0, 0.05) is 20.4 Å². The summed E-state index contributed by atoms with van der Waals surface area (Å²) in [5, 5.41) is 12.4. The molecule has 2 nitrogen and oxygen atoms in total. The fraction of sp³-hybridized carbons (Fsp3) is 0.176. The average molecular weight is 366 g/mol. The lowest BCUT2D eigenvalue weighted by atomic mass is 9.93. The number of aryl methyl sites for hydroxylation is 1. The molecule has 1 atom stereocenters. The smallest absolute Gasteiger partial charge is 0.146 e. The Morgan fingerprint density at radius 1 is 1.14 bits per heavy atom. The summed E-state index contributed by atoms with van der Waals surface area (Å²) in [4.78, 5) is 0. The molecule has 0 radical (unpaired) electrons. The molecule has 1 heterocycles. The second-order valence-corrected chi connectivity index (χ2v) is 6.67. The zero-order valence-corrected chi connectivity index (χ0v) is 14.0. The van der Waals surface area contributed by atoms with Gasteiger partial charge >= 0.3 is 0 Å². The minimum atomic E-state index is -1.29. The molecular formula is C17H14BrClO2. The molecule has 0 saturated heterocycles. The minimum absolute atomic E-state index is 0.479. The van der Waals surface area contributed by atoms with Crippen LogP contribution in [0.1, 0.15) is 23.8 Å². The minimum Gasteiger partial charge on any atom is -0.458 e. The summed E-state index contributed by atoms with van der Waals surface area (Å²) in [7, 11) is 0. The number of hydrogen-bond donors (Lipinski definition) is 1. The number of fused-ring (bicyclic) bond motifs is 1. The number of furan rings is 1. The monoisotopic (exact) mass is 364 g/mol. The van der Waals surface area contributed by atoms with Gasteiger partial charge in [0.15, 0.2) is 0 Å². The molecule has 0 fully saturated rings. The molecule has 21 heavy (non-hydrogen) atoms. The van der Waals surface area contributed by atoms with E-state index in [9.17, 15) is 5.11 Å². The predicted octanol–water partition coefficient (Wildman–Crippen LogP) is 5.41. The van der Waals surface area contributed by atoms with E-state index in [0.29, 0.717) is 16.3 Å². The molecule has 0 saturated carbocycles. The Balaban J connectivity index is 2.14. The van der Waals surface area contributed by atoms with E-state index in [2.05, 4.69) is 15.9 Å². The maximum absolute atomic E-state index is 10.9. The molecule has 1 aromatic heterocycles. The Labute approximate surface area is 136 Å². The highest BCUT2D eigenvalue weighted by atomic mass is 79.9. The maximum Gasteiger partial charge on any atom is 0.146 e. The second-order valence-electron chi connectivity index (χ2n) is 5.35. The van der Waals surface area contributed by atoms with Crippen molar-refractivity contribution in [3.8, 4) is 0 Å². The van der Waals surface area contributed by atoms with Crippen molar-refractivity contribution in [3.05, 3.63) is 68.8 Å². The largest absolute Gasteiger partial charge is 0.458 e. The van der Waals surface area contributed by atoms with E-state index in [4.69, 9.17) is 16.0 Å². The van der Waals surface area contributed by atoms with Gasteiger partial charge in [-0.15, -0.1) is 0 Å². The first-order valence-corrected chi connectivity index (χ1v) is 7.73. The standard InChI is InChI=1S/C17H14BrClO2/c1-10-3-6-15-11(7-10)8-16(21-15)17(2,20)13-5-4-12(18)9-14(13)19/h3-9,20H,1-2H3. The van der Waals surface area contributed by atoms with Crippen LogP contribution in [0.4, 0.5) is 0 Å². The van der Waals surface area contributed by atoms with Gasteiger partial charge in [-0.05, 0) is 44.2 Å². The lowest BCUT2D eigenvalue weighted by Gasteiger charge is -2.22. The first-order valence-electron chi connectivity index (χ1n) is 6.56. The van der Waals surface area contributed by atoms with E-state index >= 15 is 0 Å². The van der Waals surface area contributed by atoms with Gasteiger partial charge in [-0.3, -0.25) is 0 Å². The van der Waals surface area contributed by atoms with Crippen molar-refractivity contribution in [1.82, 2.24) is 0 Å². The molecular weight excluding hydrogens is 352 g/mol. The Kier molecular flexibility index (Phi) is 3.60. The van der Waals surface area contributed by atoms with Crippen LogP contribution in [0, 0.1) is 6.92 Å². The number of halogens is 2. The van der Waals surface area contributed by atoms with Crippen molar-refractivity contribution < 1.29 is 9.52 Å². The zero-order chi connectivity index (χ0) is 15.2. The molecule has 0 aliphatic rings. The summed E-state index contributed by atoms with van der Waals surface area (Å²) in [6, 6.07) is 13.2. The number of hydrogen-bond acceptors (Lipinski definition) is 2. The SMILES string of the molecule is Cc1ccc2oc(C(C)(O)c3ccc(Br)cc3Cl)cc2c1. The van der Waals surface area contributed by atoms with Crippen molar-refractivity contribution in [2.45, 2.75) is 19.4 Å². The molecule has 0 aliphatic carbocycles. The first kappa shape index (κ1) is 14.6. The van der Waals surface area contributed by atoms with Crippen molar-refractivity contribution in [1.29, 1.82) is 0 Å². The van der Waals surface area contributed by atoms with Crippen LogP contribution in [0.2, 0.25) is 5.02 Å². The highest BCUT2D eigenvalue weighted by molar-refractivity contribution is 9.10. The normalized spacial score (nSPS) is 14.3. The number of aliphatic hydroxyl groups is 1. The third kappa shape index (κ3) is 2.61. The van der Waals surface area contributed by atoms with Gasteiger partial charge in [-0.2, -0.15) is 0 Å². The maximum atomic E-state index is 10.9. The van der Waals surface area contributed by atoms with Gasteiger partial charge in [0.05, 0.1) is 0 Å². The molecule has 0 spiro atoms. The van der Waals surface area contributed by atoms with Gasteiger partial charge in [0.2, 0.25) is 0 Å². The van der Waals surface area contributed by atoms with Gasteiger partial charge in [0.1, 0.15) is 16.9 Å². The highest BCUT2D eigenvalue weighted by Gasteiger charge is 2.31. The first-order chi connectivity index (χ1) is 9.88. The highest BCUT2D eigenvalue weighted by Crippen LogP contribution is 2.37. The molecule has 2 aromatic carbocycles. The summed E-state index contributed by atoms with van der Waals surface area (Å²) < 4.78 is 6.67. The second kappa shape index (κ2) is 5.16. The van der Waals surface area contributed by atoms with Crippen LogP contribution in [0.15, 0.2) is 51.4 Å². The van der Waals surface area contributed by atoms with Crippen LogP contribution >= 0.6 is 27.5 Å². The third-order valence-electron chi connectivity index (χ3n) is 3.61. The molecule has 0 aliphatic heterocycles. The van der Waals surface area contributed by atoms with Crippen LogP contribution in [0.3, 0.4) is 0 Å². The summed E-state index contributed by atoms with van der Waals surface area (Å²) in [6.45, 7) is 3.71. The Morgan fingerprint density at radius 3 is 2.62 bits per heavy atom. The van der Waals surface area contributed by atoms with Crippen LogP contribution in [0.25, 0.3) is 11.0 Å². The van der Waals surface area contributed by atoms with E-state index in [1.165, 1.54) is 0 Å². The molecule has 0 amide bonds. The van der Waals surface area contributed by atoms with Gasteiger partial charge in [-0.1, -0.05) is 45.2 Å². The fourth-order valence-electron chi connectivity index (χ4n) is 2.42. The Bertz CT molecular complexity index is 821. The van der Waals surface area contributed by atoms with Crippen LogP contribution < -0.4 is 0 Å². The summed E-state index contributed by atoms with van der Waals surface area (Å²) in [5.74, 6) is 0.479. The van der Waals surface area contributed by atoms with Crippen LogP contribution in [0.5, 0.6) is 0 Å². The fourth-order valence-corrected chi connectivity index (χ4v) is 3.28. The molecule has 1 N–H and O–H groups in total. The number of rotatable bonds is 2. The average Bonchev–Trinajstić information content (AvgIpc) is 2.81. The number of benzene rings is 2. The molecule has 0 bridgehead atoms. The lowest BCUT2D eigenvalue weighted by molar-refractivity contribution is 0.0787. The third-order valence-corrected chi connectivity index (χ3v) is 4.41. The van der Waals surface area contributed by atoms with Crippen LogP contribution in [-0.4, -0.2) is 5.11 Å². The predicted molar refractivity (Wildman–Crippen MR) is 88.8 cm³/mol. The summed E-state index contributed by atoms with van der Waals surface area (Å²) in [6.07, 6.45) is 0. The van der Waals surface area contributed by atoms with Gasteiger partial charge in [0.25, 0.3) is 0 Å². The topological polar surface area (TPSA) is 33.4 Å². The van der Waals surface area contributed by atoms with E-state index in [-0.39, 0.29) is 0 Å². The van der Waals surface area contributed by atoms with E-state index in [1.54, 1.807) is 19.1 Å². The summed E-state index contributed by atoms with van der Waals surface area (Å²) in [5.41, 5.74) is 1.23. The van der Waals surface area contributed by atoms with Crippen molar-refractivity contribution >= 4 is 38.5 Å². The molecule has 3 aromatic rings. The van der Waals surface area contributed by atoms with Gasteiger partial charge < -0.3 is 9.52 Å². The van der Waals surface area contributed by atoms with Crippen molar-refractivity contribution in [2.75, 3.05) is 0 Å². The molecule has 1 unspecified atom stereocenters. The lowest BCUT2D eigenvalue weighted by Crippen LogP contribution is -2.22. The van der Waals surface area contributed by atoms with E-state index in [1.807, 2.05) is 37.3 Å². The molecule has 4 heteroatoms. The van der Waals surface area contributed by atoms with E-state index in [0.717, 1.165) is 21.0 Å². The van der Waals surface area contributed by atoms with Gasteiger partial charge in [-0.25, -0.2) is 0 Å². The molecule has 108 valence electrons.